The SMILES string of the molecule is COc1ccccc1CCNC(=O)[C@@H]1[C@@H](C(=O)O)[C@H]2C=C[C@@H]1C2. The summed E-state index contributed by atoms with van der Waals surface area (Å²) >= 11 is 0. The van der Waals surface area contributed by atoms with Crippen molar-refractivity contribution >= 4 is 11.9 Å². The number of hydrogen-bond donors (Lipinski definition) is 2. The maximum atomic E-state index is 12.5. The summed E-state index contributed by atoms with van der Waals surface area (Å²) in [5.41, 5.74) is 1.03. The zero-order valence-electron chi connectivity index (χ0n) is 13.1. The van der Waals surface area contributed by atoms with E-state index in [-0.39, 0.29) is 17.7 Å². The highest BCUT2D eigenvalue weighted by molar-refractivity contribution is 5.86. The molecule has 1 saturated carbocycles. The molecule has 122 valence electrons. The maximum Gasteiger partial charge on any atom is 0.307 e. The first-order valence-electron chi connectivity index (χ1n) is 7.92. The van der Waals surface area contributed by atoms with Crippen molar-refractivity contribution < 1.29 is 19.4 Å². The van der Waals surface area contributed by atoms with Crippen molar-refractivity contribution in [1.29, 1.82) is 0 Å². The van der Waals surface area contributed by atoms with Crippen molar-refractivity contribution in [3.05, 3.63) is 42.0 Å². The molecule has 2 N–H and O–H groups in total. The zero-order valence-corrected chi connectivity index (χ0v) is 13.1. The molecule has 5 heteroatoms. The van der Waals surface area contributed by atoms with E-state index in [1.165, 1.54) is 0 Å². The minimum Gasteiger partial charge on any atom is -0.496 e. The van der Waals surface area contributed by atoms with Crippen LogP contribution >= 0.6 is 0 Å². The smallest absolute Gasteiger partial charge is 0.307 e. The topological polar surface area (TPSA) is 75.6 Å². The first-order valence-corrected chi connectivity index (χ1v) is 7.92. The number of hydrogen-bond acceptors (Lipinski definition) is 3. The molecule has 4 atom stereocenters. The Morgan fingerprint density at radius 3 is 2.61 bits per heavy atom. The number of carboxylic acid groups (broad SMARTS) is 1. The van der Waals surface area contributed by atoms with E-state index in [1.807, 2.05) is 36.4 Å². The van der Waals surface area contributed by atoms with Gasteiger partial charge < -0.3 is 15.2 Å². The normalized spacial score (nSPS) is 27.9. The number of nitrogens with one attached hydrogen (secondary N) is 1. The molecule has 1 fully saturated rings. The number of fused-ring (bicyclic) bond motifs is 2. The molecule has 0 aliphatic heterocycles. The summed E-state index contributed by atoms with van der Waals surface area (Å²) in [4.78, 5) is 23.9. The number of para-hydroxylation sites is 1. The second-order valence-corrected chi connectivity index (χ2v) is 6.19. The predicted octanol–water partition coefficient (Wildman–Crippen LogP) is 1.88. The minimum absolute atomic E-state index is 0.00228. The van der Waals surface area contributed by atoms with E-state index >= 15 is 0 Å². The Hall–Kier alpha value is -2.30. The monoisotopic (exact) mass is 315 g/mol. The molecule has 23 heavy (non-hydrogen) atoms. The molecular formula is C18H21NO4. The largest absolute Gasteiger partial charge is 0.496 e. The first-order chi connectivity index (χ1) is 11.1. The second kappa shape index (κ2) is 6.44. The number of carboxylic acids is 1. The van der Waals surface area contributed by atoms with E-state index in [9.17, 15) is 14.7 Å². The van der Waals surface area contributed by atoms with Crippen molar-refractivity contribution in [1.82, 2.24) is 5.32 Å². The average Bonchev–Trinajstić information content (AvgIpc) is 3.16. The van der Waals surface area contributed by atoms with Gasteiger partial charge in [-0.15, -0.1) is 0 Å². The van der Waals surface area contributed by atoms with Crippen molar-refractivity contribution in [2.24, 2.45) is 23.7 Å². The molecule has 0 heterocycles. The minimum atomic E-state index is -0.869. The van der Waals surface area contributed by atoms with Crippen LogP contribution in [0.15, 0.2) is 36.4 Å². The second-order valence-electron chi connectivity index (χ2n) is 6.19. The van der Waals surface area contributed by atoms with Gasteiger partial charge in [-0.1, -0.05) is 30.4 Å². The van der Waals surface area contributed by atoms with E-state index in [1.54, 1.807) is 7.11 Å². The molecule has 0 saturated heterocycles. The van der Waals surface area contributed by atoms with E-state index in [0.29, 0.717) is 13.0 Å². The van der Waals surface area contributed by atoms with Gasteiger partial charge in [0.1, 0.15) is 5.75 Å². The number of benzene rings is 1. The van der Waals surface area contributed by atoms with Gasteiger partial charge in [-0.3, -0.25) is 9.59 Å². The number of carbonyl (C=O) groups is 2. The number of ether oxygens (including phenoxy) is 1. The van der Waals surface area contributed by atoms with E-state index < -0.39 is 17.8 Å². The van der Waals surface area contributed by atoms with Crippen LogP contribution in [0.2, 0.25) is 0 Å². The predicted molar refractivity (Wildman–Crippen MR) is 85.1 cm³/mol. The zero-order chi connectivity index (χ0) is 16.4. The van der Waals surface area contributed by atoms with Crippen LogP contribution in [0.5, 0.6) is 5.75 Å². The number of methoxy groups -OCH3 is 1. The summed E-state index contributed by atoms with van der Waals surface area (Å²) in [6.07, 6.45) is 5.38. The molecule has 0 aromatic heterocycles. The fraction of sp³-hybridized carbons (Fsp3) is 0.444. The van der Waals surface area contributed by atoms with E-state index in [4.69, 9.17) is 4.74 Å². The van der Waals surface area contributed by atoms with Crippen molar-refractivity contribution in [2.45, 2.75) is 12.8 Å². The first kappa shape index (κ1) is 15.6. The third-order valence-electron chi connectivity index (χ3n) is 4.93. The Morgan fingerprint density at radius 1 is 1.22 bits per heavy atom. The Bertz CT molecular complexity index is 640. The Morgan fingerprint density at radius 2 is 1.91 bits per heavy atom. The number of aliphatic carboxylic acids is 1. The molecule has 2 bridgehead atoms. The van der Waals surface area contributed by atoms with Crippen molar-refractivity contribution in [3.63, 3.8) is 0 Å². The summed E-state index contributed by atoms with van der Waals surface area (Å²) in [6, 6.07) is 7.68. The number of carbonyl (C=O) groups excluding carboxylic acids is 1. The maximum absolute atomic E-state index is 12.5. The number of amides is 1. The average molecular weight is 315 g/mol. The Kier molecular flexibility index (Phi) is 4.37. The van der Waals surface area contributed by atoms with Gasteiger partial charge in [-0.2, -0.15) is 0 Å². The molecule has 2 aliphatic carbocycles. The number of rotatable bonds is 6. The van der Waals surface area contributed by atoms with Gasteiger partial charge in [-0.05, 0) is 36.3 Å². The molecule has 2 aliphatic rings. The highest BCUT2D eigenvalue weighted by Crippen LogP contribution is 2.48. The molecule has 1 amide bonds. The van der Waals surface area contributed by atoms with Crippen LogP contribution in [0.1, 0.15) is 12.0 Å². The van der Waals surface area contributed by atoms with Gasteiger partial charge in [0.25, 0.3) is 0 Å². The quantitative estimate of drug-likeness (QED) is 0.786. The number of allylic oxidation sites excluding steroid dienone is 2. The van der Waals surface area contributed by atoms with Crippen molar-refractivity contribution in [2.75, 3.05) is 13.7 Å². The van der Waals surface area contributed by atoms with Crippen LogP contribution in [0.4, 0.5) is 0 Å². The fourth-order valence-corrected chi connectivity index (χ4v) is 3.86. The molecule has 0 radical (unpaired) electrons. The highest BCUT2D eigenvalue weighted by Gasteiger charge is 2.51. The van der Waals surface area contributed by atoms with E-state index in [2.05, 4.69) is 5.32 Å². The van der Waals surface area contributed by atoms with Gasteiger partial charge in [0, 0.05) is 6.54 Å². The van der Waals surface area contributed by atoms with Gasteiger partial charge >= 0.3 is 5.97 Å². The third kappa shape index (κ3) is 2.96. The summed E-state index contributed by atoms with van der Waals surface area (Å²) in [7, 11) is 1.62. The lowest BCUT2D eigenvalue weighted by atomic mass is 9.82. The lowest BCUT2D eigenvalue weighted by molar-refractivity contribution is -0.147. The van der Waals surface area contributed by atoms with Gasteiger partial charge in [0.05, 0.1) is 18.9 Å². The van der Waals surface area contributed by atoms with Crippen molar-refractivity contribution in [3.8, 4) is 5.75 Å². The van der Waals surface area contributed by atoms with Crippen LogP contribution in [-0.4, -0.2) is 30.6 Å². The standard InChI is InChI=1S/C18H21NO4/c1-23-14-5-3-2-4-11(14)8-9-19-17(20)15-12-6-7-13(10-12)16(15)18(21)22/h2-7,12-13,15-16H,8-10H2,1H3,(H,19,20)(H,21,22)/t12-,13+,15+,16+/m1/s1. The molecule has 1 aromatic carbocycles. The molecule has 5 nitrogen and oxygen atoms in total. The summed E-state index contributed by atoms with van der Waals surface area (Å²) in [5, 5.41) is 12.3. The van der Waals surface area contributed by atoms with Gasteiger partial charge in [0.15, 0.2) is 0 Å². The van der Waals surface area contributed by atoms with Crippen LogP contribution in [0.3, 0.4) is 0 Å². The molecular weight excluding hydrogens is 294 g/mol. The summed E-state index contributed by atoms with van der Waals surface area (Å²) in [6.45, 7) is 0.475. The third-order valence-corrected chi connectivity index (χ3v) is 4.93. The van der Waals surface area contributed by atoms with Crippen LogP contribution in [0, 0.1) is 23.7 Å². The molecule has 0 spiro atoms. The lowest BCUT2D eigenvalue weighted by Gasteiger charge is -2.23. The van der Waals surface area contributed by atoms with Crippen LogP contribution < -0.4 is 10.1 Å². The van der Waals surface area contributed by atoms with Gasteiger partial charge in [0.2, 0.25) is 5.91 Å². The Balaban J connectivity index is 1.59. The Labute approximate surface area is 135 Å². The van der Waals surface area contributed by atoms with E-state index in [0.717, 1.165) is 17.7 Å². The lowest BCUT2D eigenvalue weighted by Crippen LogP contribution is -2.40. The summed E-state index contributed by atoms with van der Waals surface area (Å²) in [5.74, 6) is -1.19. The summed E-state index contributed by atoms with van der Waals surface area (Å²) < 4.78 is 5.29. The molecule has 3 rings (SSSR count). The van der Waals surface area contributed by atoms with Crippen LogP contribution in [-0.2, 0) is 16.0 Å². The molecule has 0 unspecified atom stereocenters. The molecule has 1 aromatic rings. The highest BCUT2D eigenvalue weighted by atomic mass is 16.5. The van der Waals surface area contributed by atoms with Gasteiger partial charge in [-0.25, -0.2) is 0 Å². The fourth-order valence-electron chi connectivity index (χ4n) is 3.86. The van der Waals surface area contributed by atoms with Crippen LogP contribution in [0.25, 0.3) is 0 Å².